The number of benzene rings is 1. The van der Waals surface area contributed by atoms with E-state index >= 15 is 0 Å². The highest BCUT2D eigenvalue weighted by atomic mass is 19.4. The van der Waals surface area contributed by atoms with Gasteiger partial charge in [0.25, 0.3) is 5.95 Å². The molecule has 21 heavy (non-hydrogen) atoms. The van der Waals surface area contributed by atoms with E-state index in [1.807, 2.05) is 0 Å². The van der Waals surface area contributed by atoms with Crippen LogP contribution in [0.2, 0.25) is 0 Å². The van der Waals surface area contributed by atoms with E-state index in [1.165, 1.54) is 24.4 Å². The van der Waals surface area contributed by atoms with Gasteiger partial charge in [-0.1, -0.05) is 12.1 Å². The van der Waals surface area contributed by atoms with Crippen molar-refractivity contribution >= 4 is 17.6 Å². The maximum atomic E-state index is 12.8. The second-order valence-electron chi connectivity index (χ2n) is 4.16. The molecule has 0 spiro atoms. The Bertz CT molecular complexity index is 667. The molecule has 5 nitrogen and oxygen atoms in total. The van der Waals surface area contributed by atoms with Crippen LogP contribution in [0.4, 0.5) is 24.8 Å². The minimum atomic E-state index is -4.48. The first-order valence-electron chi connectivity index (χ1n) is 5.93. The molecule has 0 aliphatic carbocycles. The van der Waals surface area contributed by atoms with Crippen LogP contribution in [0.3, 0.4) is 0 Å². The van der Waals surface area contributed by atoms with Gasteiger partial charge in [0, 0.05) is 11.9 Å². The molecule has 1 aromatic heterocycles. The molecule has 0 amide bonds. The molecule has 0 saturated carbocycles. The molecule has 0 radical (unpaired) electrons. The molecule has 3 N–H and O–H groups in total. The lowest BCUT2D eigenvalue weighted by atomic mass is 10.1. The molecular formula is C13H12F3N5. The summed E-state index contributed by atoms with van der Waals surface area (Å²) in [5.74, 6) is -0.151. The van der Waals surface area contributed by atoms with Gasteiger partial charge in [-0.3, -0.25) is 0 Å². The molecule has 2 aromatic rings. The minimum Gasteiger partial charge on any atom is -0.369 e. The predicted octanol–water partition coefficient (Wildman–Crippen LogP) is 2.86. The van der Waals surface area contributed by atoms with Gasteiger partial charge >= 0.3 is 6.18 Å². The van der Waals surface area contributed by atoms with E-state index in [-0.39, 0.29) is 17.6 Å². The molecule has 0 atom stereocenters. The molecule has 0 aliphatic rings. The van der Waals surface area contributed by atoms with Crippen molar-refractivity contribution in [2.45, 2.75) is 13.1 Å². The van der Waals surface area contributed by atoms with Crippen molar-refractivity contribution in [3.63, 3.8) is 0 Å². The fourth-order valence-electron chi connectivity index (χ4n) is 1.60. The van der Waals surface area contributed by atoms with E-state index in [1.54, 1.807) is 13.0 Å². The Morgan fingerprint density at radius 2 is 1.95 bits per heavy atom. The third kappa shape index (κ3) is 3.91. The summed E-state index contributed by atoms with van der Waals surface area (Å²) < 4.78 is 38.5. The molecule has 0 fully saturated rings. The van der Waals surface area contributed by atoms with Gasteiger partial charge in [0.15, 0.2) is 0 Å². The monoisotopic (exact) mass is 295 g/mol. The number of aromatic nitrogens is 2. The summed E-state index contributed by atoms with van der Waals surface area (Å²) in [5.41, 5.74) is 5.26. The van der Waals surface area contributed by atoms with Crippen LogP contribution in [0.25, 0.3) is 0 Å². The van der Waals surface area contributed by atoms with Crippen molar-refractivity contribution in [2.24, 2.45) is 10.7 Å². The molecule has 0 bridgehead atoms. The average Bonchev–Trinajstić information content (AvgIpc) is 2.37. The first-order chi connectivity index (χ1) is 9.86. The molecule has 1 aromatic carbocycles. The standard InChI is InChI=1S/C13H12F3N5/c1-8-6-7-18-12(19-8)21-11(17)20-10-5-3-2-4-9(10)13(14,15)16/h2-7H,1H3,(H3,17,18,19,20,21). The predicted molar refractivity (Wildman–Crippen MR) is 73.1 cm³/mol. The number of hydrogen-bond acceptors (Lipinski definition) is 3. The molecule has 8 heteroatoms. The van der Waals surface area contributed by atoms with Gasteiger partial charge in [0.2, 0.25) is 5.96 Å². The Morgan fingerprint density at radius 3 is 2.62 bits per heavy atom. The van der Waals surface area contributed by atoms with Crippen molar-refractivity contribution in [3.05, 3.63) is 47.8 Å². The number of nitrogens with one attached hydrogen (secondary N) is 1. The largest absolute Gasteiger partial charge is 0.418 e. The zero-order valence-corrected chi connectivity index (χ0v) is 11.0. The van der Waals surface area contributed by atoms with Crippen molar-refractivity contribution in [1.82, 2.24) is 9.97 Å². The van der Waals surface area contributed by atoms with Gasteiger partial charge in [-0.15, -0.1) is 0 Å². The van der Waals surface area contributed by atoms with Crippen LogP contribution in [0.15, 0.2) is 41.5 Å². The average molecular weight is 295 g/mol. The smallest absolute Gasteiger partial charge is 0.369 e. The number of aryl methyl sites for hydroxylation is 1. The Labute approximate surface area is 118 Å². The second-order valence-corrected chi connectivity index (χ2v) is 4.16. The van der Waals surface area contributed by atoms with Gasteiger partial charge in [-0.25, -0.2) is 9.97 Å². The zero-order valence-electron chi connectivity index (χ0n) is 11.0. The third-order valence-corrected chi connectivity index (χ3v) is 2.50. The quantitative estimate of drug-likeness (QED) is 0.660. The topological polar surface area (TPSA) is 76.2 Å². The molecule has 1 heterocycles. The highest BCUT2D eigenvalue weighted by molar-refractivity contribution is 5.94. The van der Waals surface area contributed by atoms with Crippen LogP contribution >= 0.6 is 0 Å². The van der Waals surface area contributed by atoms with Gasteiger partial charge in [-0.2, -0.15) is 18.2 Å². The van der Waals surface area contributed by atoms with Crippen LogP contribution in [-0.4, -0.2) is 15.9 Å². The lowest BCUT2D eigenvalue weighted by molar-refractivity contribution is -0.136. The third-order valence-electron chi connectivity index (χ3n) is 2.50. The molecule has 0 aliphatic heterocycles. The van der Waals surface area contributed by atoms with Crippen LogP contribution in [-0.2, 0) is 6.18 Å². The van der Waals surface area contributed by atoms with Crippen molar-refractivity contribution in [1.29, 1.82) is 0 Å². The van der Waals surface area contributed by atoms with E-state index in [9.17, 15) is 13.2 Å². The van der Waals surface area contributed by atoms with E-state index in [4.69, 9.17) is 5.73 Å². The lowest BCUT2D eigenvalue weighted by Gasteiger charge is -2.13. The number of aliphatic imine (C=N–C) groups is 1. The number of halogens is 3. The highest BCUT2D eigenvalue weighted by Gasteiger charge is 2.33. The second kappa shape index (κ2) is 5.78. The minimum absolute atomic E-state index is 0.0736. The fraction of sp³-hybridized carbons (Fsp3) is 0.154. The number of anilines is 1. The SMILES string of the molecule is Cc1ccnc(/N=C(\N)Nc2ccccc2C(F)(F)F)n1. The first kappa shape index (κ1) is 14.8. The van der Waals surface area contributed by atoms with E-state index in [0.717, 1.165) is 6.07 Å². The zero-order chi connectivity index (χ0) is 15.5. The van der Waals surface area contributed by atoms with E-state index < -0.39 is 11.7 Å². The van der Waals surface area contributed by atoms with Gasteiger partial charge in [-0.05, 0) is 25.1 Å². The summed E-state index contributed by atoms with van der Waals surface area (Å²) >= 11 is 0. The Hall–Kier alpha value is -2.64. The van der Waals surface area contributed by atoms with Crippen molar-refractivity contribution in [3.8, 4) is 0 Å². The normalized spacial score (nSPS) is 12.3. The number of nitrogens with zero attached hydrogens (tertiary/aromatic N) is 3. The Morgan fingerprint density at radius 1 is 1.24 bits per heavy atom. The maximum absolute atomic E-state index is 12.8. The van der Waals surface area contributed by atoms with Crippen LogP contribution in [0.1, 0.15) is 11.3 Å². The molecule has 110 valence electrons. The van der Waals surface area contributed by atoms with Gasteiger partial charge in [0.05, 0.1) is 11.3 Å². The van der Waals surface area contributed by atoms with Gasteiger partial charge in [0.1, 0.15) is 0 Å². The van der Waals surface area contributed by atoms with Gasteiger partial charge < -0.3 is 11.1 Å². The summed E-state index contributed by atoms with van der Waals surface area (Å²) in [5, 5.41) is 2.41. The fourth-order valence-corrected chi connectivity index (χ4v) is 1.60. The summed E-state index contributed by atoms with van der Waals surface area (Å²) in [7, 11) is 0. The molecular weight excluding hydrogens is 283 g/mol. The molecule has 2 rings (SSSR count). The lowest BCUT2D eigenvalue weighted by Crippen LogP contribution is -2.24. The number of guanidine groups is 1. The first-order valence-corrected chi connectivity index (χ1v) is 5.93. The number of para-hydroxylation sites is 1. The summed E-state index contributed by atoms with van der Waals surface area (Å²) in [4.78, 5) is 11.7. The summed E-state index contributed by atoms with van der Waals surface area (Å²) in [6.07, 6.45) is -3.00. The van der Waals surface area contributed by atoms with E-state index in [2.05, 4.69) is 20.3 Å². The number of rotatable bonds is 2. The van der Waals surface area contributed by atoms with Crippen LogP contribution in [0.5, 0.6) is 0 Å². The molecule has 0 saturated heterocycles. The Balaban J connectivity index is 2.26. The Kier molecular flexibility index (Phi) is 4.06. The van der Waals surface area contributed by atoms with Crippen LogP contribution in [0, 0.1) is 6.92 Å². The summed E-state index contributed by atoms with van der Waals surface area (Å²) in [6, 6.07) is 6.65. The highest BCUT2D eigenvalue weighted by Crippen LogP contribution is 2.34. The van der Waals surface area contributed by atoms with Crippen LogP contribution < -0.4 is 11.1 Å². The molecule has 0 unspecified atom stereocenters. The van der Waals surface area contributed by atoms with E-state index in [0.29, 0.717) is 5.69 Å². The number of hydrogen-bond donors (Lipinski definition) is 2. The number of nitrogens with two attached hydrogens (primary N) is 1. The van der Waals surface area contributed by atoms with Crippen molar-refractivity contribution in [2.75, 3.05) is 5.32 Å². The summed E-state index contributed by atoms with van der Waals surface area (Å²) in [6.45, 7) is 1.74. The maximum Gasteiger partial charge on any atom is 0.418 e. The number of alkyl halides is 3. The van der Waals surface area contributed by atoms with Crippen molar-refractivity contribution < 1.29 is 13.2 Å².